The van der Waals surface area contributed by atoms with Crippen molar-refractivity contribution in [2.45, 2.75) is 35.9 Å². The topological polar surface area (TPSA) is 129 Å². The number of nitrogens with zero attached hydrogens (tertiary/aromatic N) is 5. The fourth-order valence-corrected chi connectivity index (χ4v) is 9.29. The lowest BCUT2D eigenvalue weighted by Gasteiger charge is -2.41. The van der Waals surface area contributed by atoms with Gasteiger partial charge in [0.25, 0.3) is 15.9 Å². The minimum absolute atomic E-state index is 0.0598. The highest BCUT2D eigenvalue weighted by Crippen LogP contribution is 2.56. The zero-order valence-corrected chi connectivity index (χ0v) is 29.6. The summed E-state index contributed by atoms with van der Waals surface area (Å²) in [6, 6.07) is 16.2. The Kier molecular flexibility index (Phi) is 9.63. The Hall–Kier alpha value is -3.98. The summed E-state index contributed by atoms with van der Waals surface area (Å²) in [4.78, 5) is 26.5. The quantitative estimate of drug-likeness (QED) is 0.239. The summed E-state index contributed by atoms with van der Waals surface area (Å²) < 4.78 is 47.2. The van der Waals surface area contributed by atoms with Crippen LogP contribution in [-0.2, 0) is 26.9 Å². The Morgan fingerprint density at radius 2 is 1.72 bits per heavy atom. The van der Waals surface area contributed by atoms with Crippen LogP contribution < -0.4 is 13.8 Å². The fraction of sp³-hybridized carbons (Fsp3) is 0.389. The lowest BCUT2D eigenvalue weighted by atomic mass is 9.80. The van der Waals surface area contributed by atoms with Crippen molar-refractivity contribution in [3.8, 4) is 11.5 Å². The number of amides is 1. The third-order valence-electron chi connectivity index (χ3n) is 10.0. The van der Waals surface area contributed by atoms with Gasteiger partial charge in [0, 0.05) is 62.0 Å². The Labute approximate surface area is 296 Å². The lowest BCUT2D eigenvalue weighted by molar-refractivity contribution is -0.127. The number of carbonyl (C=O) groups excluding carboxylic acids is 1. The summed E-state index contributed by atoms with van der Waals surface area (Å²) in [5.74, 6) is 0.698. The number of piperazine rings is 1. The van der Waals surface area contributed by atoms with E-state index in [0.29, 0.717) is 66.0 Å². The van der Waals surface area contributed by atoms with Gasteiger partial charge >= 0.3 is 0 Å². The SMILES string of the molecule is COc1ccc(S(=O)(=O)N2C(=O)C(c3ccc(CN4CCN(CCO)CC4)cc3OC)(N3CCCC3c3ncco3)c3cc(Cl)ccc32)cc1. The first kappa shape index (κ1) is 34.5. The number of carbonyl (C=O) groups is 1. The lowest BCUT2D eigenvalue weighted by Crippen LogP contribution is -2.54. The number of aromatic nitrogens is 1. The standard InChI is InChI=1S/C36H40ClN5O7S/c1-47-27-7-9-28(10-8-27)50(45,46)42-31-12-6-26(37)23-30(31)36(35(42)44,41-14-3-4-32(41)34-38-13-21-49-34)29-11-5-25(22-33(29)48-2)24-40-17-15-39(16-18-40)19-20-43/h5-13,21-23,32,43H,3-4,14-20,24H2,1-2H3. The third kappa shape index (κ3) is 5.85. The van der Waals surface area contributed by atoms with E-state index in [9.17, 15) is 13.5 Å². The van der Waals surface area contributed by atoms with Crippen molar-refractivity contribution >= 4 is 33.2 Å². The number of rotatable bonds is 11. The maximum absolute atomic E-state index is 15.5. The van der Waals surface area contributed by atoms with Crippen LogP contribution in [0.2, 0.25) is 5.02 Å². The van der Waals surface area contributed by atoms with Gasteiger partial charge in [-0.25, -0.2) is 17.7 Å². The van der Waals surface area contributed by atoms with Gasteiger partial charge < -0.3 is 19.0 Å². The third-order valence-corrected chi connectivity index (χ3v) is 12.0. The highest BCUT2D eigenvalue weighted by molar-refractivity contribution is 7.93. The molecular weight excluding hydrogens is 682 g/mol. The molecule has 0 aliphatic carbocycles. The molecule has 2 atom stereocenters. The number of methoxy groups -OCH3 is 2. The number of β-amino-alcohol motifs (C(OH)–C–C–N with tert-alkyl or cyclic N) is 1. The van der Waals surface area contributed by atoms with E-state index in [0.717, 1.165) is 36.0 Å². The molecule has 50 heavy (non-hydrogen) atoms. The van der Waals surface area contributed by atoms with Gasteiger partial charge in [0.2, 0.25) is 5.89 Å². The number of fused-ring (bicyclic) bond motifs is 1. The number of halogens is 1. The van der Waals surface area contributed by atoms with E-state index in [1.54, 1.807) is 43.6 Å². The minimum atomic E-state index is -4.42. The molecule has 7 rings (SSSR count). The predicted octanol–water partition coefficient (Wildman–Crippen LogP) is 4.27. The van der Waals surface area contributed by atoms with Crippen LogP contribution in [0.3, 0.4) is 0 Å². The van der Waals surface area contributed by atoms with Crippen molar-refractivity contribution < 1.29 is 32.2 Å². The van der Waals surface area contributed by atoms with Crippen LogP contribution >= 0.6 is 11.6 Å². The molecule has 4 aromatic rings. The van der Waals surface area contributed by atoms with Crippen LogP contribution in [0.4, 0.5) is 5.69 Å². The molecule has 3 aromatic carbocycles. The molecule has 264 valence electrons. The zero-order chi connectivity index (χ0) is 35.0. The van der Waals surface area contributed by atoms with Crippen molar-refractivity contribution in [1.29, 1.82) is 0 Å². The fourth-order valence-electron chi connectivity index (χ4n) is 7.66. The van der Waals surface area contributed by atoms with Gasteiger partial charge in [0.15, 0.2) is 5.54 Å². The largest absolute Gasteiger partial charge is 0.497 e. The smallest absolute Gasteiger partial charge is 0.271 e. The van der Waals surface area contributed by atoms with Gasteiger partial charge in [-0.1, -0.05) is 23.7 Å². The van der Waals surface area contributed by atoms with Crippen LogP contribution in [0.1, 0.15) is 41.5 Å². The molecule has 0 spiro atoms. The second-order valence-corrected chi connectivity index (χ2v) is 14.9. The van der Waals surface area contributed by atoms with Crippen LogP contribution in [0.5, 0.6) is 11.5 Å². The Morgan fingerprint density at radius 3 is 2.40 bits per heavy atom. The van der Waals surface area contributed by atoms with Gasteiger partial charge in [-0.05, 0) is 66.9 Å². The summed E-state index contributed by atoms with van der Waals surface area (Å²) in [5.41, 5.74) is 0.448. The number of aliphatic hydroxyl groups is 1. The molecule has 4 heterocycles. The molecule has 1 amide bonds. The number of hydrogen-bond acceptors (Lipinski definition) is 11. The average Bonchev–Trinajstić information content (AvgIpc) is 3.88. The summed E-state index contributed by atoms with van der Waals surface area (Å²) in [5, 5.41) is 9.70. The molecule has 0 saturated carbocycles. The molecule has 2 fully saturated rings. The Bertz CT molecular complexity index is 1950. The normalized spacial score (nSPS) is 21.9. The van der Waals surface area contributed by atoms with Crippen LogP contribution in [-0.4, -0.2) is 99.2 Å². The van der Waals surface area contributed by atoms with Crippen LogP contribution in [0.15, 0.2) is 82.4 Å². The van der Waals surface area contributed by atoms with Crippen molar-refractivity contribution in [3.63, 3.8) is 0 Å². The molecule has 1 N–H and O–H groups in total. The zero-order valence-electron chi connectivity index (χ0n) is 28.0. The van der Waals surface area contributed by atoms with E-state index in [1.807, 2.05) is 23.1 Å². The molecule has 3 aliphatic heterocycles. The first-order valence-electron chi connectivity index (χ1n) is 16.6. The number of likely N-dealkylation sites (tertiary alicyclic amines) is 1. The number of sulfonamides is 1. The van der Waals surface area contributed by atoms with E-state index in [2.05, 4.69) is 14.8 Å². The highest BCUT2D eigenvalue weighted by atomic mass is 35.5. The first-order valence-corrected chi connectivity index (χ1v) is 18.5. The highest BCUT2D eigenvalue weighted by Gasteiger charge is 2.62. The number of oxazole rings is 1. The van der Waals surface area contributed by atoms with Crippen molar-refractivity contribution in [3.05, 3.63) is 101 Å². The second kappa shape index (κ2) is 14.0. The second-order valence-electron chi connectivity index (χ2n) is 12.7. The van der Waals surface area contributed by atoms with E-state index in [4.69, 9.17) is 25.5 Å². The Morgan fingerprint density at radius 1 is 0.960 bits per heavy atom. The molecule has 0 radical (unpaired) electrons. The summed E-state index contributed by atoms with van der Waals surface area (Å²) in [6.45, 7) is 5.33. The van der Waals surface area contributed by atoms with E-state index < -0.39 is 27.5 Å². The monoisotopic (exact) mass is 721 g/mol. The number of ether oxygens (including phenoxy) is 2. The van der Waals surface area contributed by atoms with Gasteiger partial charge in [0.1, 0.15) is 17.8 Å². The molecule has 12 nitrogen and oxygen atoms in total. The minimum Gasteiger partial charge on any atom is -0.497 e. The molecule has 2 saturated heterocycles. The average molecular weight is 722 g/mol. The van der Waals surface area contributed by atoms with Crippen molar-refractivity contribution in [2.75, 3.05) is 64.4 Å². The number of benzene rings is 3. The van der Waals surface area contributed by atoms with Gasteiger partial charge in [0.05, 0.1) is 43.6 Å². The number of anilines is 1. The first-order chi connectivity index (χ1) is 24.2. The van der Waals surface area contributed by atoms with Gasteiger partial charge in [-0.15, -0.1) is 0 Å². The maximum atomic E-state index is 15.5. The molecule has 0 bridgehead atoms. The van der Waals surface area contributed by atoms with Crippen LogP contribution in [0, 0.1) is 0 Å². The van der Waals surface area contributed by atoms with Crippen molar-refractivity contribution in [1.82, 2.24) is 19.7 Å². The number of aliphatic hydroxyl groups excluding tert-OH is 1. The number of hydrogen-bond donors (Lipinski definition) is 1. The van der Waals surface area contributed by atoms with Gasteiger partial charge in [-0.3, -0.25) is 19.5 Å². The van der Waals surface area contributed by atoms with Gasteiger partial charge in [-0.2, -0.15) is 0 Å². The maximum Gasteiger partial charge on any atom is 0.271 e. The Balaban J connectivity index is 1.38. The molecule has 2 unspecified atom stereocenters. The summed E-state index contributed by atoms with van der Waals surface area (Å²) in [6.07, 6.45) is 4.42. The van der Waals surface area contributed by atoms with Crippen molar-refractivity contribution in [2.24, 2.45) is 0 Å². The molecular formula is C36H40ClN5O7S. The molecule has 14 heteroatoms. The van der Waals surface area contributed by atoms with Crippen LogP contribution in [0.25, 0.3) is 0 Å². The summed E-state index contributed by atoms with van der Waals surface area (Å²) in [7, 11) is -1.36. The van der Waals surface area contributed by atoms with E-state index in [-0.39, 0.29) is 17.2 Å². The van der Waals surface area contributed by atoms with E-state index in [1.165, 1.54) is 25.5 Å². The molecule has 1 aromatic heterocycles. The predicted molar refractivity (Wildman–Crippen MR) is 187 cm³/mol. The summed E-state index contributed by atoms with van der Waals surface area (Å²) >= 11 is 6.68. The van der Waals surface area contributed by atoms with E-state index >= 15 is 4.79 Å². The molecule has 3 aliphatic rings.